The summed E-state index contributed by atoms with van der Waals surface area (Å²) in [6.45, 7) is 0. The predicted octanol–water partition coefficient (Wildman–Crippen LogP) is 2.22. The molecule has 0 atom stereocenters. The molecule has 0 aliphatic rings. The van der Waals surface area contributed by atoms with Crippen molar-refractivity contribution in [3.05, 3.63) is 21.0 Å². The number of nitrogens with zero attached hydrogens (tertiary/aromatic N) is 2. The molecule has 0 aromatic carbocycles. The van der Waals surface area contributed by atoms with E-state index in [2.05, 4.69) is 37.8 Å². The fourth-order valence-electron chi connectivity index (χ4n) is 0.844. The first-order chi connectivity index (χ1) is 5.27. The maximum atomic E-state index is 5.76. The highest BCUT2D eigenvalue weighted by atomic mass is 127. The second-order valence-electron chi connectivity index (χ2n) is 2.04. The Morgan fingerprint density at radius 3 is 3.09 bits per heavy atom. The van der Waals surface area contributed by atoms with Crippen LogP contribution in [0, 0.1) is 3.70 Å². The standard InChI is InChI=1S/C6H3ClIN3/c7-5-3-1-2-4(8)9-6(3)11-10-5/h1-2H,(H,9,10,11). The van der Waals surface area contributed by atoms with E-state index < -0.39 is 0 Å². The van der Waals surface area contributed by atoms with Crippen molar-refractivity contribution < 1.29 is 0 Å². The van der Waals surface area contributed by atoms with Gasteiger partial charge in [0.2, 0.25) is 0 Å². The van der Waals surface area contributed by atoms with Gasteiger partial charge >= 0.3 is 0 Å². The Balaban J connectivity index is 2.86. The third-order valence-corrected chi connectivity index (χ3v) is 2.23. The smallest absolute Gasteiger partial charge is 0.183 e. The van der Waals surface area contributed by atoms with Gasteiger partial charge in [0.15, 0.2) is 5.65 Å². The van der Waals surface area contributed by atoms with Crippen LogP contribution in [0.5, 0.6) is 0 Å². The van der Waals surface area contributed by atoms with Crippen LogP contribution in [0.4, 0.5) is 0 Å². The van der Waals surface area contributed by atoms with Crippen molar-refractivity contribution in [2.75, 3.05) is 0 Å². The lowest BCUT2D eigenvalue weighted by Crippen LogP contribution is -1.79. The Kier molecular flexibility index (Phi) is 1.72. The lowest BCUT2D eigenvalue weighted by atomic mass is 10.4. The molecule has 2 rings (SSSR count). The molecular formula is C6H3ClIN3. The first-order valence-electron chi connectivity index (χ1n) is 2.93. The van der Waals surface area contributed by atoms with Crippen LogP contribution in [0.15, 0.2) is 12.1 Å². The van der Waals surface area contributed by atoms with Crippen LogP contribution in [-0.4, -0.2) is 15.2 Å². The summed E-state index contributed by atoms with van der Waals surface area (Å²) in [4.78, 5) is 4.16. The third-order valence-electron chi connectivity index (χ3n) is 1.34. The Morgan fingerprint density at radius 2 is 2.27 bits per heavy atom. The summed E-state index contributed by atoms with van der Waals surface area (Å²) < 4.78 is 0.915. The van der Waals surface area contributed by atoms with Crippen molar-refractivity contribution in [1.82, 2.24) is 15.2 Å². The molecule has 0 unspecified atom stereocenters. The van der Waals surface area contributed by atoms with E-state index >= 15 is 0 Å². The van der Waals surface area contributed by atoms with Gasteiger partial charge in [-0.05, 0) is 34.7 Å². The van der Waals surface area contributed by atoms with E-state index in [-0.39, 0.29) is 0 Å². The first-order valence-corrected chi connectivity index (χ1v) is 4.39. The molecule has 0 aliphatic heterocycles. The second kappa shape index (κ2) is 2.60. The molecule has 0 aliphatic carbocycles. The van der Waals surface area contributed by atoms with E-state index in [1.807, 2.05) is 12.1 Å². The van der Waals surface area contributed by atoms with Crippen LogP contribution in [0.25, 0.3) is 11.0 Å². The number of aromatic amines is 1. The second-order valence-corrected chi connectivity index (χ2v) is 3.53. The van der Waals surface area contributed by atoms with E-state index in [0.29, 0.717) is 10.8 Å². The van der Waals surface area contributed by atoms with Crippen molar-refractivity contribution in [2.45, 2.75) is 0 Å². The van der Waals surface area contributed by atoms with E-state index in [1.54, 1.807) is 0 Å². The largest absolute Gasteiger partial charge is 0.264 e. The van der Waals surface area contributed by atoms with Gasteiger partial charge in [-0.1, -0.05) is 11.6 Å². The maximum absolute atomic E-state index is 5.76. The number of hydrogen-bond donors (Lipinski definition) is 1. The van der Waals surface area contributed by atoms with E-state index in [1.165, 1.54) is 0 Å². The van der Waals surface area contributed by atoms with Crippen molar-refractivity contribution in [2.24, 2.45) is 0 Å². The maximum Gasteiger partial charge on any atom is 0.183 e. The van der Waals surface area contributed by atoms with Crippen molar-refractivity contribution in [3.8, 4) is 0 Å². The number of H-pyrrole nitrogens is 1. The molecule has 0 spiro atoms. The van der Waals surface area contributed by atoms with Crippen LogP contribution in [0.2, 0.25) is 5.15 Å². The number of pyridine rings is 1. The molecule has 0 fully saturated rings. The van der Waals surface area contributed by atoms with Gasteiger partial charge in [-0.15, -0.1) is 0 Å². The van der Waals surface area contributed by atoms with Gasteiger partial charge in [0.1, 0.15) is 8.85 Å². The van der Waals surface area contributed by atoms with Crippen molar-refractivity contribution >= 4 is 45.2 Å². The van der Waals surface area contributed by atoms with E-state index in [9.17, 15) is 0 Å². The molecule has 3 nitrogen and oxygen atoms in total. The average Bonchev–Trinajstić information content (AvgIpc) is 2.32. The monoisotopic (exact) mass is 279 g/mol. The van der Waals surface area contributed by atoms with Crippen molar-refractivity contribution in [3.63, 3.8) is 0 Å². The quantitative estimate of drug-likeness (QED) is 0.593. The summed E-state index contributed by atoms with van der Waals surface area (Å²) in [5, 5.41) is 7.97. The molecule has 0 amide bonds. The topological polar surface area (TPSA) is 41.6 Å². The minimum Gasteiger partial charge on any atom is -0.264 e. The number of rotatable bonds is 0. The molecule has 2 aromatic heterocycles. The summed E-state index contributed by atoms with van der Waals surface area (Å²) in [5.74, 6) is 0. The molecule has 11 heavy (non-hydrogen) atoms. The van der Waals surface area contributed by atoms with Crippen LogP contribution < -0.4 is 0 Å². The minimum absolute atomic E-state index is 0.545. The van der Waals surface area contributed by atoms with Gasteiger partial charge in [-0.2, -0.15) is 5.10 Å². The summed E-state index contributed by atoms with van der Waals surface area (Å²) >= 11 is 7.89. The van der Waals surface area contributed by atoms with Crippen LogP contribution in [0.3, 0.4) is 0 Å². The Bertz CT molecular complexity index is 398. The van der Waals surface area contributed by atoms with Gasteiger partial charge in [-0.25, -0.2) is 4.98 Å². The molecule has 0 radical (unpaired) electrons. The molecule has 56 valence electrons. The van der Waals surface area contributed by atoms with E-state index in [4.69, 9.17) is 11.6 Å². The molecule has 5 heteroatoms. The fraction of sp³-hybridized carbons (Fsp3) is 0. The minimum atomic E-state index is 0.545. The summed E-state index contributed by atoms with van der Waals surface area (Å²) in [6.07, 6.45) is 0. The lowest BCUT2D eigenvalue weighted by Gasteiger charge is -1.87. The third kappa shape index (κ3) is 1.20. The summed E-state index contributed by atoms with van der Waals surface area (Å²) in [7, 11) is 0. The molecule has 2 heterocycles. The molecule has 0 saturated carbocycles. The number of aromatic nitrogens is 3. The van der Waals surface area contributed by atoms with Gasteiger partial charge in [-0.3, -0.25) is 5.10 Å². The zero-order valence-corrected chi connectivity index (χ0v) is 8.22. The Hall–Kier alpha value is -0.360. The van der Waals surface area contributed by atoms with Gasteiger partial charge < -0.3 is 0 Å². The molecule has 0 bridgehead atoms. The van der Waals surface area contributed by atoms with Crippen LogP contribution >= 0.6 is 34.2 Å². The zero-order valence-electron chi connectivity index (χ0n) is 5.31. The van der Waals surface area contributed by atoms with Crippen LogP contribution in [-0.2, 0) is 0 Å². The lowest BCUT2D eigenvalue weighted by molar-refractivity contribution is 1.09. The molecular weight excluding hydrogens is 276 g/mol. The Labute approximate surface area is 81.3 Å². The number of halogens is 2. The van der Waals surface area contributed by atoms with Gasteiger partial charge in [0.25, 0.3) is 0 Å². The summed E-state index contributed by atoms with van der Waals surface area (Å²) in [6, 6.07) is 3.79. The van der Waals surface area contributed by atoms with Crippen LogP contribution in [0.1, 0.15) is 0 Å². The normalized spacial score (nSPS) is 10.7. The highest BCUT2D eigenvalue weighted by Gasteiger charge is 2.02. The number of hydrogen-bond acceptors (Lipinski definition) is 2. The van der Waals surface area contributed by atoms with Gasteiger partial charge in [0.05, 0.1) is 5.39 Å². The number of nitrogens with one attached hydrogen (secondary N) is 1. The fourth-order valence-corrected chi connectivity index (χ4v) is 1.44. The SMILES string of the molecule is Clc1[nH]nc2nc(I)ccc12. The van der Waals surface area contributed by atoms with Gasteiger partial charge in [0, 0.05) is 0 Å². The summed E-state index contributed by atoms with van der Waals surface area (Å²) in [5.41, 5.74) is 0.668. The van der Waals surface area contributed by atoms with Crippen molar-refractivity contribution in [1.29, 1.82) is 0 Å². The highest BCUT2D eigenvalue weighted by molar-refractivity contribution is 14.1. The Morgan fingerprint density at radius 1 is 1.45 bits per heavy atom. The molecule has 1 N–H and O–H groups in total. The van der Waals surface area contributed by atoms with E-state index in [0.717, 1.165) is 9.09 Å². The highest BCUT2D eigenvalue weighted by Crippen LogP contribution is 2.18. The average molecular weight is 279 g/mol. The predicted molar refractivity (Wildman–Crippen MR) is 51.6 cm³/mol. The first kappa shape index (κ1) is 7.30. The number of fused-ring (bicyclic) bond motifs is 1. The zero-order chi connectivity index (χ0) is 7.84. The molecule has 2 aromatic rings. The molecule has 0 saturated heterocycles.